The quantitative estimate of drug-likeness (QED) is 0.396. The summed E-state index contributed by atoms with van der Waals surface area (Å²) in [5.41, 5.74) is 0.938. The Balaban J connectivity index is 1.68. The van der Waals surface area contributed by atoms with Crippen molar-refractivity contribution in [1.82, 2.24) is 23.6 Å². The minimum atomic E-state index is -3.61. The van der Waals surface area contributed by atoms with Crippen LogP contribution in [0.2, 0.25) is 0 Å². The molecule has 0 spiro atoms. The van der Waals surface area contributed by atoms with Gasteiger partial charge in [0.05, 0.1) is 21.3 Å². The van der Waals surface area contributed by atoms with Gasteiger partial charge in [-0.25, -0.2) is 27.2 Å². The number of ether oxygens (including phenoxy) is 1. The second-order valence-corrected chi connectivity index (χ2v) is 9.76. The lowest BCUT2D eigenvalue weighted by atomic mass is 10.1. The van der Waals surface area contributed by atoms with Gasteiger partial charge < -0.3 is 9.30 Å². The maximum atomic E-state index is 12.8. The first-order valence-corrected chi connectivity index (χ1v) is 11.6. The van der Waals surface area contributed by atoms with E-state index in [0.29, 0.717) is 28.7 Å². The van der Waals surface area contributed by atoms with E-state index < -0.39 is 16.0 Å². The zero-order chi connectivity index (χ0) is 23.9. The second kappa shape index (κ2) is 8.41. The van der Waals surface area contributed by atoms with Gasteiger partial charge in [0.1, 0.15) is 12.4 Å². The number of aryl methyl sites for hydroxylation is 2. The van der Waals surface area contributed by atoms with Crippen LogP contribution in [0.1, 0.15) is 23.2 Å². The van der Waals surface area contributed by atoms with Crippen molar-refractivity contribution < 1.29 is 17.9 Å². The molecule has 0 fully saturated rings. The molecule has 10 nitrogen and oxygen atoms in total. The van der Waals surface area contributed by atoms with Gasteiger partial charge in [0.15, 0.2) is 5.69 Å². The number of fused-ring (bicyclic) bond motifs is 2. The topological polar surface area (TPSA) is 116 Å². The predicted octanol–water partition coefficient (Wildman–Crippen LogP) is 1.91. The number of rotatable bonds is 6. The molecule has 0 bridgehead atoms. The van der Waals surface area contributed by atoms with E-state index in [4.69, 9.17) is 4.74 Å². The Morgan fingerprint density at radius 3 is 2.48 bits per heavy atom. The molecule has 2 aromatic heterocycles. The van der Waals surface area contributed by atoms with Gasteiger partial charge in [-0.05, 0) is 31.2 Å². The summed E-state index contributed by atoms with van der Waals surface area (Å²) in [7, 11) is 0.796. The Bertz CT molecular complexity index is 1550. The molecule has 2 aromatic carbocycles. The summed E-state index contributed by atoms with van der Waals surface area (Å²) in [4.78, 5) is 29.8. The standard InChI is InChI=1S/C22H23N5O5S/c1-5-27-18-11-10-14(33(30,31)25(2)3)12-17(18)23-19(27)13-32-22(29)20-15-8-6-7-9-16(15)21(28)26(4)24-20/h6-12H,5,13H2,1-4H3. The lowest BCUT2D eigenvalue weighted by Crippen LogP contribution is -2.24. The summed E-state index contributed by atoms with van der Waals surface area (Å²) < 4.78 is 34.5. The third-order valence-corrected chi connectivity index (χ3v) is 7.19. The van der Waals surface area contributed by atoms with E-state index in [-0.39, 0.29) is 22.8 Å². The number of hydrogen-bond acceptors (Lipinski definition) is 7. The number of benzene rings is 2. The van der Waals surface area contributed by atoms with Crippen LogP contribution in [0.4, 0.5) is 0 Å². The van der Waals surface area contributed by atoms with Crippen LogP contribution < -0.4 is 5.56 Å². The first kappa shape index (κ1) is 22.6. The van der Waals surface area contributed by atoms with Crippen molar-refractivity contribution in [2.75, 3.05) is 14.1 Å². The average molecular weight is 470 g/mol. The molecule has 172 valence electrons. The molecule has 0 saturated heterocycles. The van der Waals surface area contributed by atoms with Crippen LogP contribution in [0.15, 0.2) is 52.2 Å². The number of nitrogens with zero attached hydrogens (tertiary/aromatic N) is 5. The number of esters is 1. The molecule has 0 aliphatic rings. The molecule has 33 heavy (non-hydrogen) atoms. The van der Waals surface area contributed by atoms with E-state index in [1.54, 1.807) is 30.3 Å². The fourth-order valence-corrected chi connectivity index (χ4v) is 4.56. The van der Waals surface area contributed by atoms with Gasteiger partial charge in [-0.1, -0.05) is 18.2 Å². The Morgan fingerprint density at radius 2 is 1.82 bits per heavy atom. The Hall–Kier alpha value is -3.57. The fraction of sp³-hybridized carbons (Fsp3) is 0.273. The van der Waals surface area contributed by atoms with Gasteiger partial charge in [0.2, 0.25) is 10.0 Å². The van der Waals surface area contributed by atoms with Crippen LogP contribution in [0.3, 0.4) is 0 Å². The van der Waals surface area contributed by atoms with Crippen molar-refractivity contribution >= 4 is 37.8 Å². The maximum absolute atomic E-state index is 12.8. The normalized spacial score (nSPS) is 12.0. The largest absolute Gasteiger partial charge is 0.453 e. The highest BCUT2D eigenvalue weighted by molar-refractivity contribution is 7.89. The molecule has 2 heterocycles. The van der Waals surface area contributed by atoms with E-state index >= 15 is 0 Å². The number of carbonyl (C=O) groups excluding carboxylic acids is 1. The summed E-state index contributed by atoms with van der Waals surface area (Å²) in [5.74, 6) is -0.221. The third-order valence-electron chi connectivity index (χ3n) is 5.38. The van der Waals surface area contributed by atoms with Crippen molar-refractivity contribution in [3.05, 3.63) is 64.3 Å². The summed E-state index contributed by atoms with van der Waals surface area (Å²) in [6, 6.07) is 11.4. The second-order valence-electron chi connectivity index (χ2n) is 7.61. The molecule has 4 aromatic rings. The molecule has 0 N–H and O–H groups in total. The first-order valence-electron chi connectivity index (χ1n) is 10.2. The molecule has 11 heteroatoms. The van der Waals surface area contributed by atoms with E-state index in [2.05, 4.69) is 10.1 Å². The zero-order valence-corrected chi connectivity index (χ0v) is 19.5. The Labute approximate surface area is 190 Å². The van der Waals surface area contributed by atoms with Crippen LogP contribution in [0, 0.1) is 0 Å². The highest BCUT2D eigenvalue weighted by Gasteiger charge is 2.21. The molecule has 0 aliphatic heterocycles. The monoisotopic (exact) mass is 469 g/mol. The molecule has 0 atom stereocenters. The number of carbonyl (C=O) groups is 1. The van der Waals surface area contributed by atoms with Gasteiger partial charge >= 0.3 is 5.97 Å². The highest BCUT2D eigenvalue weighted by Crippen LogP contribution is 2.23. The van der Waals surface area contributed by atoms with Crippen molar-refractivity contribution in [2.24, 2.45) is 7.05 Å². The van der Waals surface area contributed by atoms with E-state index in [0.717, 1.165) is 14.5 Å². The Morgan fingerprint density at radius 1 is 1.12 bits per heavy atom. The molecule has 0 radical (unpaired) electrons. The van der Waals surface area contributed by atoms with Gasteiger partial charge in [-0.15, -0.1) is 0 Å². The Kier molecular flexibility index (Phi) is 5.76. The summed E-state index contributed by atoms with van der Waals surface area (Å²) in [6.45, 7) is 2.32. The van der Waals surface area contributed by atoms with Crippen molar-refractivity contribution in [2.45, 2.75) is 25.0 Å². The van der Waals surface area contributed by atoms with Crippen molar-refractivity contribution in [3.8, 4) is 0 Å². The van der Waals surface area contributed by atoms with Gasteiger partial charge in [0.25, 0.3) is 5.56 Å². The minimum Gasteiger partial charge on any atom is -0.453 e. The fourth-order valence-electron chi connectivity index (χ4n) is 3.64. The van der Waals surface area contributed by atoms with E-state index in [9.17, 15) is 18.0 Å². The summed E-state index contributed by atoms with van der Waals surface area (Å²) >= 11 is 0. The van der Waals surface area contributed by atoms with E-state index in [1.807, 2.05) is 11.5 Å². The molecule has 0 aliphatic carbocycles. The lowest BCUT2D eigenvalue weighted by Gasteiger charge is -2.11. The maximum Gasteiger partial charge on any atom is 0.359 e. The molecule has 0 unspecified atom stereocenters. The van der Waals surface area contributed by atoms with Gasteiger partial charge in [0, 0.05) is 33.1 Å². The van der Waals surface area contributed by atoms with Crippen LogP contribution in [0.25, 0.3) is 21.8 Å². The first-order chi connectivity index (χ1) is 15.6. The van der Waals surface area contributed by atoms with Crippen LogP contribution in [-0.2, 0) is 35.0 Å². The van der Waals surface area contributed by atoms with Gasteiger partial charge in [-0.3, -0.25) is 4.79 Å². The number of sulfonamides is 1. The van der Waals surface area contributed by atoms with Gasteiger partial charge in [-0.2, -0.15) is 5.10 Å². The molecule has 4 rings (SSSR count). The highest BCUT2D eigenvalue weighted by atomic mass is 32.2. The lowest BCUT2D eigenvalue weighted by molar-refractivity contribution is 0.0451. The number of aromatic nitrogens is 4. The molecule has 0 saturated carbocycles. The molecular weight excluding hydrogens is 446 g/mol. The zero-order valence-electron chi connectivity index (χ0n) is 18.6. The molecular formula is C22H23N5O5S. The van der Waals surface area contributed by atoms with E-state index in [1.165, 1.54) is 33.3 Å². The van der Waals surface area contributed by atoms with Crippen molar-refractivity contribution in [3.63, 3.8) is 0 Å². The average Bonchev–Trinajstić information content (AvgIpc) is 3.16. The van der Waals surface area contributed by atoms with Crippen LogP contribution in [0.5, 0.6) is 0 Å². The summed E-state index contributed by atoms with van der Waals surface area (Å²) in [6.07, 6.45) is 0. The number of imidazole rings is 1. The van der Waals surface area contributed by atoms with Crippen LogP contribution >= 0.6 is 0 Å². The SMILES string of the molecule is CCn1c(COC(=O)c2nn(C)c(=O)c3ccccc23)nc2cc(S(=O)(=O)N(C)C)ccc21. The smallest absolute Gasteiger partial charge is 0.359 e. The minimum absolute atomic E-state index is 0.0335. The number of hydrogen-bond donors (Lipinski definition) is 0. The summed E-state index contributed by atoms with van der Waals surface area (Å²) in [5, 5.41) is 4.87. The third kappa shape index (κ3) is 3.89. The molecule has 0 amide bonds. The van der Waals surface area contributed by atoms with Crippen LogP contribution in [-0.4, -0.2) is 52.1 Å². The predicted molar refractivity (Wildman–Crippen MR) is 122 cm³/mol. The van der Waals surface area contributed by atoms with Crippen molar-refractivity contribution in [1.29, 1.82) is 0 Å².